The van der Waals surface area contributed by atoms with Gasteiger partial charge in [-0.1, -0.05) is 0 Å². The van der Waals surface area contributed by atoms with Gasteiger partial charge in [-0.3, -0.25) is 4.90 Å². The van der Waals surface area contributed by atoms with Crippen LogP contribution in [0.15, 0.2) is 18.2 Å². The zero-order chi connectivity index (χ0) is 14.5. The van der Waals surface area contributed by atoms with Gasteiger partial charge in [-0.15, -0.1) is 0 Å². The van der Waals surface area contributed by atoms with E-state index in [0.717, 1.165) is 30.2 Å². The predicted octanol–water partition coefficient (Wildman–Crippen LogP) is 2.28. The van der Waals surface area contributed by atoms with Crippen molar-refractivity contribution in [2.45, 2.75) is 38.9 Å². The Morgan fingerprint density at radius 1 is 1.30 bits per heavy atom. The minimum Gasteiger partial charge on any atom is -0.497 e. The van der Waals surface area contributed by atoms with Gasteiger partial charge in [-0.2, -0.15) is 0 Å². The van der Waals surface area contributed by atoms with E-state index in [2.05, 4.69) is 24.1 Å². The summed E-state index contributed by atoms with van der Waals surface area (Å²) < 4.78 is 10.7. The normalized spacial score (nSPS) is 19.6. The summed E-state index contributed by atoms with van der Waals surface area (Å²) in [7, 11) is 3.40. The molecule has 1 saturated heterocycles. The van der Waals surface area contributed by atoms with Crippen molar-refractivity contribution >= 4 is 0 Å². The molecule has 1 atom stereocenters. The topological polar surface area (TPSA) is 33.7 Å². The zero-order valence-electron chi connectivity index (χ0n) is 13.0. The van der Waals surface area contributed by atoms with Crippen LogP contribution in [0.5, 0.6) is 11.5 Å². The van der Waals surface area contributed by atoms with Gasteiger partial charge in [0.1, 0.15) is 11.5 Å². The lowest BCUT2D eigenvalue weighted by atomic mass is 10.1. The van der Waals surface area contributed by atoms with Crippen LogP contribution >= 0.6 is 0 Å². The maximum atomic E-state index is 5.41. The number of benzene rings is 1. The Kier molecular flexibility index (Phi) is 5.26. The molecule has 0 saturated carbocycles. The first-order valence-corrected chi connectivity index (χ1v) is 7.32. The van der Waals surface area contributed by atoms with Crippen molar-refractivity contribution in [1.29, 1.82) is 0 Å². The van der Waals surface area contributed by atoms with Gasteiger partial charge in [-0.25, -0.2) is 0 Å². The maximum absolute atomic E-state index is 5.41. The second-order valence-electron chi connectivity index (χ2n) is 5.63. The second-order valence-corrected chi connectivity index (χ2v) is 5.63. The molecular weight excluding hydrogens is 252 g/mol. The third-order valence-electron chi connectivity index (χ3n) is 4.02. The van der Waals surface area contributed by atoms with Gasteiger partial charge in [0.2, 0.25) is 0 Å². The van der Waals surface area contributed by atoms with Crippen LogP contribution in [0.3, 0.4) is 0 Å². The molecule has 20 heavy (non-hydrogen) atoms. The molecule has 0 unspecified atom stereocenters. The smallest absolute Gasteiger partial charge is 0.123 e. The number of hydrogen-bond donors (Lipinski definition) is 1. The standard InChI is InChI=1S/C16H26N2O2/c1-12(2)18-8-7-14(11-18)17-10-13-9-15(19-3)5-6-16(13)20-4/h5-6,9,12,14,17H,7-8,10-11H2,1-4H3/t14-/m1/s1. The fourth-order valence-corrected chi connectivity index (χ4v) is 2.70. The molecule has 2 rings (SSSR count). The largest absolute Gasteiger partial charge is 0.497 e. The second kappa shape index (κ2) is 6.95. The summed E-state index contributed by atoms with van der Waals surface area (Å²) in [5.74, 6) is 1.79. The molecular formula is C16H26N2O2. The average molecular weight is 278 g/mol. The van der Waals surface area contributed by atoms with E-state index in [4.69, 9.17) is 9.47 Å². The van der Waals surface area contributed by atoms with Crippen molar-refractivity contribution < 1.29 is 9.47 Å². The number of hydrogen-bond acceptors (Lipinski definition) is 4. The minimum absolute atomic E-state index is 0.563. The molecule has 4 nitrogen and oxygen atoms in total. The van der Waals surface area contributed by atoms with Crippen LogP contribution < -0.4 is 14.8 Å². The van der Waals surface area contributed by atoms with Crippen LogP contribution in [0, 0.1) is 0 Å². The highest BCUT2D eigenvalue weighted by atomic mass is 16.5. The molecule has 1 aliphatic heterocycles. The summed E-state index contributed by atoms with van der Waals surface area (Å²) in [6.45, 7) is 7.65. The van der Waals surface area contributed by atoms with E-state index in [1.165, 1.54) is 13.0 Å². The van der Waals surface area contributed by atoms with E-state index in [1.54, 1.807) is 14.2 Å². The van der Waals surface area contributed by atoms with Crippen molar-refractivity contribution in [3.63, 3.8) is 0 Å². The Bertz CT molecular complexity index is 434. The number of nitrogens with one attached hydrogen (secondary N) is 1. The van der Waals surface area contributed by atoms with Gasteiger partial charge in [0.25, 0.3) is 0 Å². The van der Waals surface area contributed by atoms with E-state index in [0.29, 0.717) is 12.1 Å². The van der Waals surface area contributed by atoms with Crippen molar-refractivity contribution in [3.8, 4) is 11.5 Å². The average Bonchev–Trinajstić information content (AvgIpc) is 2.93. The molecule has 4 heteroatoms. The first-order chi connectivity index (χ1) is 9.63. The van der Waals surface area contributed by atoms with Gasteiger partial charge in [0.15, 0.2) is 0 Å². The molecule has 1 aliphatic rings. The summed E-state index contributed by atoms with van der Waals surface area (Å²) in [6.07, 6.45) is 1.21. The molecule has 112 valence electrons. The molecule has 0 spiro atoms. The third kappa shape index (κ3) is 3.64. The van der Waals surface area contributed by atoms with E-state index in [1.807, 2.05) is 18.2 Å². The Labute approximate surface area is 122 Å². The lowest BCUT2D eigenvalue weighted by Gasteiger charge is -2.20. The Morgan fingerprint density at radius 2 is 2.10 bits per heavy atom. The Hall–Kier alpha value is -1.26. The minimum atomic E-state index is 0.563. The van der Waals surface area contributed by atoms with Gasteiger partial charge in [0.05, 0.1) is 14.2 Å². The summed E-state index contributed by atoms with van der Waals surface area (Å²) in [5.41, 5.74) is 1.15. The molecule has 1 N–H and O–H groups in total. The van der Waals surface area contributed by atoms with Gasteiger partial charge >= 0.3 is 0 Å². The third-order valence-corrected chi connectivity index (χ3v) is 4.02. The number of likely N-dealkylation sites (tertiary alicyclic amines) is 1. The van der Waals surface area contributed by atoms with Gasteiger partial charge in [-0.05, 0) is 45.0 Å². The fraction of sp³-hybridized carbons (Fsp3) is 0.625. The van der Waals surface area contributed by atoms with E-state index < -0.39 is 0 Å². The maximum Gasteiger partial charge on any atom is 0.123 e. The van der Waals surface area contributed by atoms with Crippen molar-refractivity contribution in [2.24, 2.45) is 0 Å². The highest BCUT2D eigenvalue weighted by Crippen LogP contribution is 2.24. The lowest BCUT2D eigenvalue weighted by molar-refractivity contribution is 0.268. The Balaban J connectivity index is 1.93. The van der Waals surface area contributed by atoms with Crippen LogP contribution in [-0.2, 0) is 6.54 Å². The van der Waals surface area contributed by atoms with E-state index in [-0.39, 0.29) is 0 Å². The fourth-order valence-electron chi connectivity index (χ4n) is 2.70. The molecule has 0 radical (unpaired) electrons. The molecule has 1 fully saturated rings. The molecule has 1 aromatic carbocycles. The highest BCUT2D eigenvalue weighted by Gasteiger charge is 2.23. The number of ether oxygens (including phenoxy) is 2. The molecule has 0 bridgehead atoms. The van der Waals surface area contributed by atoms with Crippen LogP contribution in [0.1, 0.15) is 25.8 Å². The lowest BCUT2D eigenvalue weighted by Crippen LogP contribution is -2.34. The molecule has 0 aromatic heterocycles. The molecule has 0 aliphatic carbocycles. The summed E-state index contributed by atoms with van der Waals surface area (Å²) in [6, 6.07) is 7.13. The highest BCUT2D eigenvalue weighted by molar-refractivity contribution is 5.40. The first kappa shape index (κ1) is 15.1. The van der Waals surface area contributed by atoms with Crippen molar-refractivity contribution in [2.75, 3.05) is 27.3 Å². The van der Waals surface area contributed by atoms with Crippen LogP contribution in [0.2, 0.25) is 0 Å². The monoisotopic (exact) mass is 278 g/mol. The first-order valence-electron chi connectivity index (χ1n) is 7.32. The summed E-state index contributed by atoms with van der Waals surface area (Å²) in [4.78, 5) is 2.51. The predicted molar refractivity (Wildman–Crippen MR) is 81.5 cm³/mol. The van der Waals surface area contributed by atoms with Crippen molar-refractivity contribution in [1.82, 2.24) is 10.2 Å². The number of methoxy groups -OCH3 is 2. The van der Waals surface area contributed by atoms with Crippen LogP contribution in [-0.4, -0.2) is 44.3 Å². The van der Waals surface area contributed by atoms with E-state index in [9.17, 15) is 0 Å². The quantitative estimate of drug-likeness (QED) is 0.865. The SMILES string of the molecule is COc1ccc(OC)c(CN[C@@H]2CCN(C(C)C)C2)c1. The summed E-state index contributed by atoms with van der Waals surface area (Å²) >= 11 is 0. The number of nitrogens with zero attached hydrogens (tertiary/aromatic N) is 1. The molecule has 1 aromatic rings. The van der Waals surface area contributed by atoms with Gasteiger partial charge < -0.3 is 14.8 Å². The van der Waals surface area contributed by atoms with E-state index >= 15 is 0 Å². The molecule has 1 heterocycles. The number of rotatable bonds is 6. The molecule has 0 amide bonds. The van der Waals surface area contributed by atoms with Crippen LogP contribution in [0.25, 0.3) is 0 Å². The van der Waals surface area contributed by atoms with Gasteiger partial charge in [0, 0.05) is 30.7 Å². The van der Waals surface area contributed by atoms with Crippen molar-refractivity contribution in [3.05, 3.63) is 23.8 Å². The Morgan fingerprint density at radius 3 is 2.70 bits per heavy atom. The zero-order valence-corrected chi connectivity index (χ0v) is 13.0. The summed E-state index contributed by atoms with van der Waals surface area (Å²) in [5, 5.41) is 3.63. The van der Waals surface area contributed by atoms with Crippen LogP contribution in [0.4, 0.5) is 0 Å².